The molecule has 0 aromatic heterocycles. The lowest BCUT2D eigenvalue weighted by atomic mass is 9.92. The predicted octanol–water partition coefficient (Wildman–Crippen LogP) is 4.06. The predicted molar refractivity (Wildman–Crippen MR) is 117 cm³/mol. The van der Waals surface area contributed by atoms with E-state index in [1.807, 2.05) is 42.5 Å². The molecule has 0 unspecified atom stereocenters. The minimum atomic E-state index is -2.20. The Morgan fingerprint density at radius 3 is 2.50 bits per heavy atom. The zero-order valence-electron chi connectivity index (χ0n) is 18.5. The summed E-state index contributed by atoms with van der Waals surface area (Å²) >= 11 is 0. The second-order valence-corrected chi connectivity index (χ2v) is 14.2. The summed E-state index contributed by atoms with van der Waals surface area (Å²) in [6, 6.07) is 8.83. The third-order valence-electron chi connectivity index (χ3n) is 6.24. The third-order valence-corrected chi connectivity index (χ3v) is 10.7. The van der Waals surface area contributed by atoms with Gasteiger partial charge in [-0.25, -0.2) is 9.59 Å². The molecule has 0 radical (unpaired) electrons. The van der Waals surface area contributed by atoms with Gasteiger partial charge < -0.3 is 24.1 Å². The van der Waals surface area contributed by atoms with Crippen molar-refractivity contribution in [3.8, 4) is 0 Å². The molecule has 1 saturated heterocycles. The number of rotatable bonds is 5. The lowest BCUT2D eigenvalue weighted by Gasteiger charge is -2.44. The highest BCUT2D eigenvalue weighted by Crippen LogP contribution is 2.40. The lowest BCUT2D eigenvalue weighted by molar-refractivity contribution is 0.0127. The first-order chi connectivity index (χ1) is 14.0. The van der Waals surface area contributed by atoms with Gasteiger partial charge >= 0.3 is 12.2 Å². The molecule has 8 heteroatoms. The first kappa shape index (κ1) is 22.4. The lowest BCUT2D eigenvalue weighted by Crippen LogP contribution is -2.59. The Balaban J connectivity index is 1.75. The molecule has 1 aliphatic heterocycles. The second kappa shape index (κ2) is 8.43. The average molecular weight is 433 g/mol. The van der Waals surface area contributed by atoms with E-state index in [2.05, 4.69) is 39.2 Å². The maximum Gasteiger partial charge on any atom is 0.410 e. The minimum Gasteiger partial charge on any atom is -0.445 e. The van der Waals surface area contributed by atoms with Crippen LogP contribution in [0.5, 0.6) is 0 Å². The van der Waals surface area contributed by atoms with Crippen LogP contribution in [0.15, 0.2) is 42.5 Å². The van der Waals surface area contributed by atoms with Crippen LogP contribution in [0.2, 0.25) is 18.1 Å². The smallest absolute Gasteiger partial charge is 0.410 e. The molecular weight excluding hydrogens is 400 g/mol. The monoisotopic (exact) mass is 432 g/mol. The molecule has 1 aromatic rings. The highest BCUT2D eigenvalue weighted by atomic mass is 28.4. The van der Waals surface area contributed by atoms with Gasteiger partial charge in [-0.05, 0) is 23.7 Å². The molecule has 2 aliphatic rings. The van der Waals surface area contributed by atoms with Crippen LogP contribution in [0.1, 0.15) is 26.3 Å². The number of nitrogens with zero attached hydrogens (tertiary/aromatic N) is 1. The molecule has 164 valence electrons. The molecule has 1 heterocycles. The molecule has 4 atom stereocenters. The van der Waals surface area contributed by atoms with Gasteiger partial charge in [0.05, 0.1) is 12.1 Å². The first-order valence-electron chi connectivity index (χ1n) is 10.3. The minimum absolute atomic E-state index is 0.0312. The standard InChI is InChI=1S/C22H32N2O5Si/c1-22(2,3)30(5,6)29-18-16(12-13-17-19(18)28-21(26)24(17)4)23-20(25)27-14-15-10-8-7-9-11-15/h7-13,16-19H,14H2,1-6H3,(H,23,25)/t16-,17+,18+,19+/m0/s1. The molecule has 1 fully saturated rings. The largest absolute Gasteiger partial charge is 0.445 e. The fourth-order valence-electron chi connectivity index (χ4n) is 3.35. The molecule has 30 heavy (non-hydrogen) atoms. The van der Waals surface area contributed by atoms with E-state index < -0.39 is 32.7 Å². The van der Waals surface area contributed by atoms with Gasteiger partial charge in [0.1, 0.15) is 12.7 Å². The summed E-state index contributed by atoms with van der Waals surface area (Å²) in [6.07, 6.45) is 1.88. The van der Waals surface area contributed by atoms with E-state index >= 15 is 0 Å². The zero-order valence-corrected chi connectivity index (χ0v) is 19.5. The summed E-state index contributed by atoms with van der Waals surface area (Å²) in [5.74, 6) is 0. The number of benzene rings is 1. The van der Waals surface area contributed by atoms with Crippen LogP contribution in [-0.2, 0) is 20.5 Å². The Morgan fingerprint density at radius 2 is 1.87 bits per heavy atom. The van der Waals surface area contributed by atoms with E-state index in [-0.39, 0.29) is 23.8 Å². The number of fused-ring (bicyclic) bond motifs is 1. The molecular formula is C22H32N2O5Si. The van der Waals surface area contributed by atoms with Gasteiger partial charge in [0, 0.05) is 7.05 Å². The van der Waals surface area contributed by atoms with Crippen LogP contribution >= 0.6 is 0 Å². The highest BCUT2D eigenvalue weighted by molar-refractivity contribution is 6.74. The van der Waals surface area contributed by atoms with Crippen LogP contribution in [0.4, 0.5) is 9.59 Å². The van der Waals surface area contributed by atoms with E-state index in [4.69, 9.17) is 13.9 Å². The van der Waals surface area contributed by atoms with Crippen LogP contribution in [-0.4, -0.2) is 56.7 Å². The second-order valence-electron chi connectivity index (χ2n) is 9.41. The van der Waals surface area contributed by atoms with Crippen LogP contribution < -0.4 is 5.32 Å². The summed E-state index contributed by atoms with van der Waals surface area (Å²) in [4.78, 5) is 26.2. The van der Waals surface area contributed by atoms with Gasteiger partial charge in [-0.15, -0.1) is 0 Å². The number of hydrogen-bond acceptors (Lipinski definition) is 5. The summed E-state index contributed by atoms with van der Waals surface area (Å²) in [7, 11) is -0.485. The van der Waals surface area contributed by atoms with Crippen molar-refractivity contribution in [1.82, 2.24) is 10.2 Å². The van der Waals surface area contributed by atoms with Crippen molar-refractivity contribution in [2.24, 2.45) is 0 Å². The summed E-state index contributed by atoms with van der Waals surface area (Å²) in [6.45, 7) is 10.9. The quantitative estimate of drug-likeness (QED) is 0.561. The van der Waals surface area contributed by atoms with E-state index in [0.717, 1.165) is 5.56 Å². The van der Waals surface area contributed by atoms with Gasteiger partial charge in [-0.1, -0.05) is 63.3 Å². The molecule has 3 rings (SSSR count). The molecule has 7 nitrogen and oxygen atoms in total. The molecule has 1 aromatic carbocycles. The Hall–Kier alpha value is -2.32. The van der Waals surface area contributed by atoms with Crippen molar-refractivity contribution in [2.45, 2.75) is 69.8 Å². The van der Waals surface area contributed by atoms with Crippen molar-refractivity contribution >= 4 is 20.5 Å². The van der Waals surface area contributed by atoms with Gasteiger partial charge in [0.25, 0.3) is 0 Å². The fraction of sp³-hybridized carbons (Fsp3) is 0.545. The summed E-state index contributed by atoms with van der Waals surface area (Å²) in [5.41, 5.74) is 0.910. The fourth-order valence-corrected chi connectivity index (χ4v) is 4.66. The van der Waals surface area contributed by atoms with Gasteiger partial charge in [0.15, 0.2) is 14.4 Å². The third kappa shape index (κ3) is 4.70. The highest BCUT2D eigenvalue weighted by Gasteiger charge is 2.51. The van der Waals surface area contributed by atoms with Crippen molar-refractivity contribution in [1.29, 1.82) is 0 Å². The van der Waals surface area contributed by atoms with Crippen molar-refractivity contribution < 1.29 is 23.5 Å². The number of alkyl carbamates (subject to hydrolysis) is 1. The van der Waals surface area contributed by atoms with E-state index in [0.29, 0.717) is 0 Å². The maximum absolute atomic E-state index is 12.5. The van der Waals surface area contributed by atoms with Crippen LogP contribution in [0.3, 0.4) is 0 Å². The number of likely N-dealkylation sites (N-methyl/N-ethyl adjacent to an activating group) is 1. The molecule has 1 aliphatic carbocycles. The van der Waals surface area contributed by atoms with Crippen molar-refractivity contribution in [3.63, 3.8) is 0 Å². The van der Waals surface area contributed by atoms with Crippen LogP contribution in [0.25, 0.3) is 0 Å². The zero-order chi connectivity index (χ0) is 22.1. The van der Waals surface area contributed by atoms with Gasteiger partial charge in [-0.2, -0.15) is 0 Å². The molecule has 0 saturated carbocycles. The molecule has 0 spiro atoms. The van der Waals surface area contributed by atoms with Crippen molar-refractivity contribution in [2.75, 3.05) is 7.05 Å². The normalized spacial score (nSPS) is 26.2. The Kier molecular flexibility index (Phi) is 6.28. The van der Waals surface area contributed by atoms with Crippen LogP contribution in [0, 0.1) is 0 Å². The molecule has 1 N–H and O–H groups in total. The van der Waals surface area contributed by atoms with E-state index in [1.54, 1.807) is 11.9 Å². The van der Waals surface area contributed by atoms with Gasteiger partial charge in [-0.3, -0.25) is 0 Å². The number of nitrogens with one attached hydrogen (secondary N) is 1. The Bertz CT molecular complexity index is 805. The number of amides is 2. The van der Waals surface area contributed by atoms with Crippen molar-refractivity contribution in [3.05, 3.63) is 48.0 Å². The molecule has 2 amide bonds. The number of hydrogen-bond donors (Lipinski definition) is 1. The van der Waals surface area contributed by atoms with E-state index in [1.165, 1.54) is 0 Å². The SMILES string of the molecule is CN1C(=O)O[C@H]2[C@H](O[Si](C)(C)C(C)(C)C)[C@@H](NC(=O)OCc3ccccc3)C=C[C@H]21. The summed E-state index contributed by atoms with van der Waals surface area (Å²) < 4.78 is 17.7. The topological polar surface area (TPSA) is 77.1 Å². The maximum atomic E-state index is 12.5. The number of carbonyl (C=O) groups is 2. The van der Waals surface area contributed by atoms with Gasteiger partial charge in [0.2, 0.25) is 0 Å². The summed E-state index contributed by atoms with van der Waals surface area (Å²) in [5, 5.41) is 2.86. The number of ether oxygens (including phenoxy) is 2. The first-order valence-corrected chi connectivity index (χ1v) is 13.2. The number of carbonyl (C=O) groups excluding carboxylic acids is 2. The Labute approximate surface area is 179 Å². The molecule has 0 bridgehead atoms. The van der Waals surface area contributed by atoms with E-state index in [9.17, 15) is 9.59 Å². The average Bonchev–Trinajstić information content (AvgIpc) is 2.96. The Morgan fingerprint density at radius 1 is 1.20 bits per heavy atom.